The molecule has 0 aliphatic heterocycles. The van der Waals surface area contributed by atoms with Crippen molar-refractivity contribution in [3.05, 3.63) is 86.7 Å². The van der Waals surface area contributed by atoms with Crippen molar-refractivity contribution >= 4 is 5.69 Å². The molecular weight excluding hydrogens is 334 g/mol. The smallest absolute Gasteiger partial charge is 0.269 e. The molecule has 132 valence electrons. The van der Waals surface area contributed by atoms with Gasteiger partial charge in [0.1, 0.15) is 5.75 Å². The average molecular weight is 351 g/mol. The highest BCUT2D eigenvalue weighted by Gasteiger charge is 2.08. The van der Waals surface area contributed by atoms with Crippen molar-refractivity contribution in [3.63, 3.8) is 0 Å². The average Bonchev–Trinajstić information content (AvgIpc) is 2.65. The third kappa shape index (κ3) is 3.94. The molecule has 0 radical (unpaired) electrons. The van der Waals surface area contributed by atoms with Gasteiger partial charge in [-0.05, 0) is 42.8 Å². The van der Waals surface area contributed by atoms with E-state index in [1.807, 2.05) is 31.2 Å². The Morgan fingerprint density at radius 1 is 1.12 bits per heavy atom. The summed E-state index contributed by atoms with van der Waals surface area (Å²) in [6, 6.07) is 16.7. The number of non-ortho nitro benzene ring substituents is 1. The Morgan fingerprint density at radius 3 is 2.58 bits per heavy atom. The van der Waals surface area contributed by atoms with Crippen LogP contribution in [0.5, 0.6) is 5.75 Å². The molecule has 0 bridgehead atoms. The van der Waals surface area contributed by atoms with Gasteiger partial charge in [-0.3, -0.25) is 14.9 Å². The van der Waals surface area contributed by atoms with Crippen molar-refractivity contribution in [2.75, 3.05) is 6.61 Å². The van der Waals surface area contributed by atoms with Gasteiger partial charge in [0.05, 0.1) is 23.8 Å². The van der Waals surface area contributed by atoms with Crippen LogP contribution < -0.4 is 10.3 Å². The molecule has 0 saturated carbocycles. The minimum absolute atomic E-state index is 0.0155. The van der Waals surface area contributed by atoms with Gasteiger partial charge < -0.3 is 4.74 Å². The molecule has 0 fully saturated rings. The minimum Gasteiger partial charge on any atom is -0.494 e. The Morgan fingerprint density at radius 2 is 1.88 bits per heavy atom. The summed E-state index contributed by atoms with van der Waals surface area (Å²) in [5, 5.41) is 15.3. The lowest BCUT2D eigenvalue weighted by atomic mass is 10.1. The monoisotopic (exact) mass is 351 g/mol. The number of rotatable bonds is 6. The zero-order valence-corrected chi connectivity index (χ0v) is 14.2. The third-order valence-corrected chi connectivity index (χ3v) is 3.78. The van der Waals surface area contributed by atoms with Crippen LogP contribution in [-0.2, 0) is 6.54 Å². The van der Waals surface area contributed by atoms with Crippen molar-refractivity contribution in [2.45, 2.75) is 13.5 Å². The summed E-state index contributed by atoms with van der Waals surface area (Å²) in [6.45, 7) is 2.66. The Labute approximate surface area is 149 Å². The number of hydrogen-bond donors (Lipinski definition) is 0. The fraction of sp³-hybridized carbons (Fsp3) is 0.158. The molecule has 0 amide bonds. The zero-order valence-electron chi connectivity index (χ0n) is 14.2. The molecule has 3 rings (SSSR count). The summed E-state index contributed by atoms with van der Waals surface area (Å²) in [4.78, 5) is 22.5. The molecule has 0 N–H and O–H groups in total. The van der Waals surface area contributed by atoms with Gasteiger partial charge >= 0.3 is 0 Å². The molecule has 1 aromatic heterocycles. The van der Waals surface area contributed by atoms with E-state index in [0.29, 0.717) is 17.9 Å². The van der Waals surface area contributed by atoms with Crippen LogP contribution in [0.4, 0.5) is 5.69 Å². The number of nitrogens with zero attached hydrogens (tertiary/aromatic N) is 3. The first kappa shape index (κ1) is 17.3. The van der Waals surface area contributed by atoms with Gasteiger partial charge in [0, 0.05) is 23.8 Å². The van der Waals surface area contributed by atoms with E-state index in [1.165, 1.54) is 22.9 Å². The molecule has 1 heterocycles. The minimum atomic E-state index is -0.462. The molecule has 0 unspecified atom stereocenters. The Bertz CT molecular complexity index is 981. The Kier molecular flexibility index (Phi) is 5.07. The second kappa shape index (κ2) is 7.60. The summed E-state index contributed by atoms with van der Waals surface area (Å²) >= 11 is 0. The maximum atomic E-state index is 12.1. The van der Waals surface area contributed by atoms with E-state index in [2.05, 4.69) is 5.10 Å². The van der Waals surface area contributed by atoms with Crippen LogP contribution in [0.25, 0.3) is 11.3 Å². The number of hydrogen-bond acceptors (Lipinski definition) is 5. The van der Waals surface area contributed by atoms with Gasteiger partial charge in [-0.2, -0.15) is 5.10 Å². The fourth-order valence-electron chi connectivity index (χ4n) is 2.55. The van der Waals surface area contributed by atoms with E-state index in [0.717, 1.165) is 11.3 Å². The molecule has 2 aromatic carbocycles. The summed E-state index contributed by atoms with van der Waals surface area (Å²) in [7, 11) is 0. The van der Waals surface area contributed by atoms with Crippen LogP contribution in [0.3, 0.4) is 0 Å². The molecule has 0 atom stereocenters. The lowest BCUT2D eigenvalue weighted by molar-refractivity contribution is -0.384. The SMILES string of the molecule is CCOc1ccc(-c2ccc(=O)n(Cc3cccc([N+](=O)[O-])c3)n2)cc1. The number of nitro groups is 1. The fourth-order valence-corrected chi connectivity index (χ4v) is 2.55. The predicted molar refractivity (Wildman–Crippen MR) is 97.3 cm³/mol. The number of ether oxygens (including phenoxy) is 1. The summed E-state index contributed by atoms with van der Waals surface area (Å²) in [6.07, 6.45) is 0. The van der Waals surface area contributed by atoms with E-state index in [9.17, 15) is 14.9 Å². The highest BCUT2D eigenvalue weighted by atomic mass is 16.6. The largest absolute Gasteiger partial charge is 0.494 e. The number of benzene rings is 2. The van der Waals surface area contributed by atoms with Gasteiger partial charge in [-0.1, -0.05) is 12.1 Å². The first-order chi connectivity index (χ1) is 12.6. The molecule has 26 heavy (non-hydrogen) atoms. The third-order valence-electron chi connectivity index (χ3n) is 3.78. The number of nitro benzene ring substituents is 1. The molecule has 0 aliphatic rings. The molecule has 0 spiro atoms. The van der Waals surface area contributed by atoms with Crippen LogP contribution in [0, 0.1) is 10.1 Å². The number of aromatic nitrogens is 2. The van der Waals surface area contributed by atoms with Crippen LogP contribution in [0.15, 0.2) is 65.5 Å². The van der Waals surface area contributed by atoms with Crippen molar-refractivity contribution < 1.29 is 9.66 Å². The maximum Gasteiger partial charge on any atom is 0.269 e. The van der Waals surface area contributed by atoms with Crippen molar-refractivity contribution in [2.24, 2.45) is 0 Å². The molecular formula is C19H17N3O4. The van der Waals surface area contributed by atoms with Crippen molar-refractivity contribution in [3.8, 4) is 17.0 Å². The Balaban J connectivity index is 1.89. The summed E-state index contributed by atoms with van der Waals surface area (Å²) in [5.74, 6) is 0.765. The van der Waals surface area contributed by atoms with E-state index >= 15 is 0 Å². The first-order valence-electron chi connectivity index (χ1n) is 8.11. The second-order valence-electron chi connectivity index (χ2n) is 5.60. The van der Waals surface area contributed by atoms with Crippen LogP contribution >= 0.6 is 0 Å². The standard InChI is InChI=1S/C19H17N3O4/c1-2-26-17-8-6-15(7-9-17)18-10-11-19(23)21(20-18)13-14-4-3-5-16(12-14)22(24)25/h3-12H,2,13H2,1H3. The maximum absolute atomic E-state index is 12.1. The summed E-state index contributed by atoms with van der Waals surface area (Å²) in [5.41, 5.74) is 1.83. The Hall–Kier alpha value is -3.48. The molecule has 0 aliphatic carbocycles. The molecule has 7 heteroatoms. The van der Waals surface area contributed by atoms with E-state index < -0.39 is 4.92 Å². The first-order valence-corrected chi connectivity index (χ1v) is 8.11. The van der Waals surface area contributed by atoms with Gasteiger partial charge in [0.15, 0.2) is 0 Å². The normalized spacial score (nSPS) is 10.5. The van der Waals surface area contributed by atoms with E-state index in [4.69, 9.17) is 4.74 Å². The molecule has 7 nitrogen and oxygen atoms in total. The van der Waals surface area contributed by atoms with Gasteiger partial charge in [-0.25, -0.2) is 4.68 Å². The molecule has 0 saturated heterocycles. The lowest BCUT2D eigenvalue weighted by Gasteiger charge is -2.08. The van der Waals surface area contributed by atoms with Gasteiger partial charge in [0.2, 0.25) is 0 Å². The molecule has 3 aromatic rings. The van der Waals surface area contributed by atoms with Gasteiger partial charge in [0.25, 0.3) is 11.2 Å². The highest BCUT2D eigenvalue weighted by molar-refractivity contribution is 5.59. The van der Waals surface area contributed by atoms with E-state index in [1.54, 1.807) is 18.2 Å². The van der Waals surface area contributed by atoms with Crippen LogP contribution in [-0.4, -0.2) is 21.3 Å². The topological polar surface area (TPSA) is 87.3 Å². The van der Waals surface area contributed by atoms with Crippen molar-refractivity contribution in [1.82, 2.24) is 9.78 Å². The quantitative estimate of drug-likeness (QED) is 0.502. The zero-order chi connectivity index (χ0) is 18.5. The predicted octanol–water partition coefficient (Wildman–Crippen LogP) is 3.27. The van der Waals surface area contributed by atoms with Crippen LogP contribution in [0.1, 0.15) is 12.5 Å². The van der Waals surface area contributed by atoms with Gasteiger partial charge in [-0.15, -0.1) is 0 Å². The highest BCUT2D eigenvalue weighted by Crippen LogP contribution is 2.20. The van der Waals surface area contributed by atoms with Crippen molar-refractivity contribution in [1.29, 1.82) is 0 Å². The van der Waals surface area contributed by atoms with Crippen LogP contribution in [0.2, 0.25) is 0 Å². The summed E-state index contributed by atoms with van der Waals surface area (Å²) < 4.78 is 6.71. The second-order valence-corrected chi connectivity index (χ2v) is 5.60. The lowest BCUT2D eigenvalue weighted by Crippen LogP contribution is -2.22. The van der Waals surface area contributed by atoms with E-state index in [-0.39, 0.29) is 17.8 Å².